The van der Waals surface area contributed by atoms with Crippen LogP contribution in [0, 0.1) is 6.92 Å². The second-order valence-corrected chi connectivity index (χ2v) is 8.27. The topological polar surface area (TPSA) is 108 Å². The van der Waals surface area contributed by atoms with Crippen molar-refractivity contribution < 1.29 is 29.3 Å². The number of hydrogen-bond donors (Lipinski definition) is 3. The Hall–Kier alpha value is -3.36. The van der Waals surface area contributed by atoms with Crippen LogP contribution < -0.4 is 15.0 Å². The number of hydrogen-bond acceptors (Lipinski definition) is 6. The molecule has 2 aromatic rings. The third-order valence-electron chi connectivity index (χ3n) is 5.84. The monoisotopic (exact) mass is 468 g/mol. The maximum Gasteiger partial charge on any atom is 0.328 e. The van der Waals surface area contributed by atoms with Gasteiger partial charge in [0.05, 0.1) is 18.8 Å². The molecule has 0 amide bonds. The van der Waals surface area contributed by atoms with Gasteiger partial charge in [-0.05, 0) is 66.7 Å². The quantitative estimate of drug-likeness (QED) is 0.556. The molecule has 0 spiro atoms. The van der Waals surface area contributed by atoms with Gasteiger partial charge in [-0.1, -0.05) is 24.3 Å². The lowest BCUT2D eigenvalue weighted by Gasteiger charge is -2.34. The molecule has 0 unspecified atom stereocenters. The zero-order valence-electron chi connectivity index (χ0n) is 19.7. The zero-order valence-corrected chi connectivity index (χ0v) is 19.7. The first-order valence-corrected chi connectivity index (χ1v) is 11.3. The molecule has 2 heterocycles. The largest absolute Gasteiger partial charge is 0.490 e. The van der Waals surface area contributed by atoms with Crippen molar-refractivity contribution in [2.45, 2.75) is 32.9 Å². The van der Waals surface area contributed by atoms with Crippen LogP contribution in [-0.2, 0) is 40.3 Å². The number of methoxy groups -OCH3 is 1. The Bertz CT molecular complexity index is 1030. The lowest BCUT2D eigenvalue weighted by Crippen LogP contribution is -2.33. The van der Waals surface area contributed by atoms with Crippen LogP contribution in [0.3, 0.4) is 0 Å². The van der Waals surface area contributed by atoms with E-state index >= 15 is 0 Å². The summed E-state index contributed by atoms with van der Waals surface area (Å²) in [5, 5.41) is 19.1. The molecule has 34 heavy (non-hydrogen) atoms. The molecule has 0 atom stereocenters. The van der Waals surface area contributed by atoms with Crippen LogP contribution in [-0.4, -0.2) is 55.5 Å². The van der Waals surface area contributed by atoms with Crippen LogP contribution in [0.25, 0.3) is 0 Å². The number of fused-ring (bicyclic) bond motifs is 2. The molecule has 8 heteroatoms. The minimum absolute atomic E-state index is 0.558. The van der Waals surface area contributed by atoms with E-state index in [-0.39, 0.29) is 0 Å². The summed E-state index contributed by atoms with van der Waals surface area (Å²) in [6.07, 6.45) is 3.31. The number of anilines is 1. The first-order chi connectivity index (χ1) is 16.4. The molecule has 4 rings (SSSR count). The number of ether oxygens (including phenoxy) is 2. The fourth-order valence-corrected chi connectivity index (χ4v) is 4.40. The lowest BCUT2D eigenvalue weighted by molar-refractivity contribution is -0.134. The Kier molecular flexibility index (Phi) is 9.07. The minimum atomic E-state index is -1.26. The van der Waals surface area contributed by atoms with E-state index in [1.54, 1.807) is 7.11 Å². The van der Waals surface area contributed by atoms with E-state index < -0.39 is 11.9 Å². The highest BCUT2D eigenvalue weighted by molar-refractivity contribution is 5.89. The van der Waals surface area contributed by atoms with Gasteiger partial charge in [-0.3, -0.25) is 0 Å². The number of carboxylic acid groups (broad SMARTS) is 2. The number of carbonyl (C=O) groups is 2. The SMILES string of the molecule is COCc1cccc(CN2CCOc3cc4c(c(C)c32)CCNCC4)c1.O=C(O)/C=C/C(=O)O. The van der Waals surface area contributed by atoms with E-state index in [1.807, 2.05) is 0 Å². The molecule has 182 valence electrons. The highest BCUT2D eigenvalue weighted by Crippen LogP contribution is 2.40. The molecule has 0 fully saturated rings. The number of aliphatic carboxylic acids is 2. The Morgan fingerprint density at radius 2 is 1.82 bits per heavy atom. The Morgan fingerprint density at radius 3 is 2.53 bits per heavy atom. The van der Waals surface area contributed by atoms with Gasteiger partial charge < -0.3 is 29.9 Å². The summed E-state index contributed by atoms with van der Waals surface area (Å²) in [5.41, 5.74) is 8.20. The van der Waals surface area contributed by atoms with Crippen molar-refractivity contribution in [2.24, 2.45) is 0 Å². The van der Waals surface area contributed by atoms with Crippen molar-refractivity contribution >= 4 is 17.6 Å². The van der Waals surface area contributed by atoms with Gasteiger partial charge in [0.15, 0.2) is 0 Å². The maximum atomic E-state index is 9.55. The molecule has 2 aliphatic rings. The van der Waals surface area contributed by atoms with E-state index in [2.05, 4.69) is 47.5 Å². The van der Waals surface area contributed by atoms with Crippen molar-refractivity contribution in [1.29, 1.82) is 0 Å². The van der Waals surface area contributed by atoms with E-state index in [1.165, 1.54) is 33.5 Å². The fraction of sp³-hybridized carbons (Fsp3) is 0.385. The molecule has 0 aliphatic carbocycles. The number of rotatable bonds is 6. The van der Waals surface area contributed by atoms with Crippen LogP contribution in [0.4, 0.5) is 5.69 Å². The van der Waals surface area contributed by atoms with Gasteiger partial charge >= 0.3 is 11.9 Å². The number of nitrogens with zero attached hydrogens (tertiary/aromatic N) is 1. The van der Waals surface area contributed by atoms with E-state index in [0.29, 0.717) is 18.8 Å². The minimum Gasteiger partial charge on any atom is -0.490 e. The van der Waals surface area contributed by atoms with E-state index in [4.69, 9.17) is 19.7 Å². The second-order valence-electron chi connectivity index (χ2n) is 8.27. The summed E-state index contributed by atoms with van der Waals surface area (Å²) in [4.78, 5) is 21.6. The average Bonchev–Trinajstić information content (AvgIpc) is 3.05. The third kappa shape index (κ3) is 6.82. The van der Waals surface area contributed by atoms with Crippen molar-refractivity contribution in [3.63, 3.8) is 0 Å². The maximum absolute atomic E-state index is 9.55. The summed E-state index contributed by atoms with van der Waals surface area (Å²) < 4.78 is 11.3. The van der Waals surface area contributed by atoms with E-state index in [0.717, 1.165) is 51.4 Å². The van der Waals surface area contributed by atoms with Gasteiger partial charge in [0, 0.05) is 25.8 Å². The molecule has 0 radical (unpaired) electrons. The number of benzene rings is 2. The normalized spacial score (nSPS) is 14.8. The first kappa shape index (κ1) is 25.3. The lowest BCUT2D eigenvalue weighted by atomic mass is 9.94. The van der Waals surface area contributed by atoms with Crippen molar-refractivity contribution in [2.75, 3.05) is 38.3 Å². The molecule has 8 nitrogen and oxygen atoms in total. The smallest absolute Gasteiger partial charge is 0.328 e. The molecule has 2 aliphatic heterocycles. The molecular formula is C26H32N2O6. The highest BCUT2D eigenvalue weighted by Gasteiger charge is 2.25. The summed E-state index contributed by atoms with van der Waals surface area (Å²) in [6, 6.07) is 11.0. The predicted molar refractivity (Wildman–Crippen MR) is 130 cm³/mol. The van der Waals surface area contributed by atoms with E-state index in [9.17, 15) is 9.59 Å². The van der Waals surface area contributed by atoms with Crippen molar-refractivity contribution in [1.82, 2.24) is 5.32 Å². The van der Waals surface area contributed by atoms with Gasteiger partial charge in [0.1, 0.15) is 12.4 Å². The number of nitrogens with one attached hydrogen (secondary N) is 1. The molecule has 2 aromatic carbocycles. The van der Waals surface area contributed by atoms with Gasteiger partial charge in [0.2, 0.25) is 0 Å². The van der Waals surface area contributed by atoms with Crippen LogP contribution in [0.15, 0.2) is 42.5 Å². The summed E-state index contributed by atoms with van der Waals surface area (Å²) >= 11 is 0. The molecule has 0 bridgehead atoms. The van der Waals surface area contributed by atoms with Crippen LogP contribution >= 0.6 is 0 Å². The molecule has 3 N–H and O–H groups in total. The predicted octanol–water partition coefficient (Wildman–Crippen LogP) is 2.94. The van der Waals surface area contributed by atoms with Crippen LogP contribution in [0.1, 0.15) is 27.8 Å². The molecule has 0 saturated carbocycles. The van der Waals surface area contributed by atoms with Crippen molar-refractivity contribution in [3.8, 4) is 5.75 Å². The Labute approximate surface area is 199 Å². The Balaban J connectivity index is 0.000000350. The average molecular weight is 469 g/mol. The summed E-state index contributed by atoms with van der Waals surface area (Å²) in [5.74, 6) is -1.46. The van der Waals surface area contributed by atoms with Gasteiger partial charge in [-0.2, -0.15) is 0 Å². The standard InChI is InChI=1S/C22H28N2O2.C4H4O4/c1-16-20-7-9-23-8-6-19(20)13-21-22(16)24(10-11-26-21)14-17-4-3-5-18(12-17)15-25-2;5-3(6)1-2-4(7)8/h3-5,12-13,23H,6-11,14-15H2,1-2H3;1-2H,(H,5,6)(H,7,8)/b;2-1+. The molecule has 0 saturated heterocycles. The zero-order chi connectivity index (χ0) is 24.5. The third-order valence-corrected chi connectivity index (χ3v) is 5.84. The summed E-state index contributed by atoms with van der Waals surface area (Å²) in [6.45, 7) is 7.64. The van der Waals surface area contributed by atoms with Gasteiger partial charge in [0.25, 0.3) is 0 Å². The van der Waals surface area contributed by atoms with Gasteiger partial charge in [-0.15, -0.1) is 0 Å². The number of carboxylic acids is 2. The van der Waals surface area contributed by atoms with Crippen LogP contribution in [0.5, 0.6) is 5.75 Å². The molecule has 0 aromatic heterocycles. The van der Waals surface area contributed by atoms with Gasteiger partial charge in [-0.25, -0.2) is 9.59 Å². The van der Waals surface area contributed by atoms with Crippen molar-refractivity contribution in [3.05, 3.63) is 70.3 Å². The highest BCUT2D eigenvalue weighted by atomic mass is 16.5. The first-order valence-electron chi connectivity index (χ1n) is 11.3. The second kappa shape index (κ2) is 12.2. The summed E-state index contributed by atoms with van der Waals surface area (Å²) in [7, 11) is 1.74. The van der Waals surface area contributed by atoms with Crippen LogP contribution in [0.2, 0.25) is 0 Å². The fourth-order valence-electron chi connectivity index (χ4n) is 4.40. The molecular weight excluding hydrogens is 436 g/mol. The Morgan fingerprint density at radius 1 is 1.12 bits per heavy atom.